The van der Waals surface area contributed by atoms with E-state index in [1.54, 1.807) is 30.3 Å². The Bertz CT molecular complexity index is 467. The van der Waals surface area contributed by atoms with E-state index in [1.165, 1.54) is 6.92 Å². The highest BCUT2D eigenvalue weighted by molar-refractivity contribution is 5.93. The zero-order valence-electron chi connectivity index (χ0n) is 12.0. The number of nitro groups is 1. The predicted molar refractivity (Wildman–Crippen MR) is 76.2 cm³/mol. The first-order chi connectivity index (χ1) is 9.95. The number of nitrogens with one attached hydrogen (secondary N) is 1. The summed E-state index contributed by atoms with van der Waals surface area (Å²) >= 11 is 0. The number of benzene rings is 1. The SMILES string of the molecule is CCCC(OC(C(=O)Nc1ccccc1)[N+](=O)[O-])C(C)F. The molecule has 0 bridgehead atoms. The van der Waals surface area contributed by atoms with Gasteiger partial charge in [-0.3, -0.25) is 14.9 Å². The lowest BCUT2D eigenvalue weighted by molar-refractivity contribution is -0.562. The van der Waals surface area contributed by atoms with Crippen molar-refractivity contribution in [3.8, 4) is 0 Å². The average molecular weight is 298 g/mol. The summed E-state index contributed by atoms with van der Waals surface area (Å²) in [6.07, 6.45) is -3.39. The van der Waals surface area contributed by atoms with Crippen LogP contribution in [0.2, 0.25) is 0 Å². The number of ether oxygens (including phenoxy) is 1. The molecule has 3 unspecified atom stereocenters. The molecule has 1 aromatic carbocycles. The van der Waals surface area contributed by atoms with Crippen LogP contribution in [-0.4, -0.2) is 29.3 Å². The summed E-state index contributed by atoms with van der Waals surface area (Å²) in [7, 11) is 0. The Morgan fingerprint density at radius 1 is 1.43 bits per heavy atom. The van der Waals surface area contributed by atoms with Crippen LogP contribution in [-0.2, 0) is 9.53 Å². The van der Waals surface area contributed by atoms with Crippen LogP contribution in [0.15, 0.2) is 30.3 Å². The minimum atomic E-state index is -1.93. The van der Waals surface area contributed by atoms with E-state index >= 15 is 0 Å². The van der Waals surface area contributed by atoms with E-state index in [2.05, 4.69) is 5.32 Å². The summed E-state index contributed by atoms with van der Waals surface area (Å²) in [5.74, 6) is -0.923. The number of nitrogens with zero attached hydrogens (tertiary/aromatic N) is 1. The molecule has 0 spiro atoms. The molecule has 1 rings (SSSR count). The summed E-state index contributed by atoms with van der Waals surface area (Å²) in [6.45, 7) is 3.07. The summed E-state index contributed by atoms with van der Waals surface area (Å²) in [4.78, 5) is 22.0. The number of carbonyl (C=O) groups excluding carboxylic acids is 1. The van der Waals surface area contributed by atoms with Gasteiger partial charge in [0.1, 0.15) is 6.17 Å². The molecule has 6 nitrogen and oxygen atoms in total. The van der Waals surface area contributed by atoms with Crippen LogP contribution in [0, 0.1) is 10.1 Å². The maximum atomic E-state index is 13.4. The first-order valence-electron chi connectivity index (χ1n) is 6.74. The molecule has 0 aromatic heterocycles. The number of hydrogen-bond acceptors (Lipinski definition) is 4. The maximum Gasteiger partial charge on any atom is 0.395 e. The lowest BCUT2D eigenvalue weighted by atomic mass is 10.1. The number of halogens is 1. The third-order valence-corrected chi connectivity index (χ3v) is 2.85. The Hall–Kier alpha value is -2.02. The molecular weight excluding hydrogens is 279 g/mol. The molecule has 3 atom stereocenters. The fraction of sp³-hybridized carbons (Fsp3) is 0.500. The highest BCUT2D eigenvalue weighted by atomic mass is 19.1. The van der Waals surface area contributed by atoms with Crippen molar-refractivity contribution in [2.45, 2.75) is 45.2 Å². The molecule has 0 saturated heterocycles. The quantitative estimate of drug-likeness (QED) is 0.454. The van der Waals surface area contributed by atoms with Gasteiger partial charge in [-0.1, -0.05) is 31.5 Å². The van der Waals surface area contributed by atoms with E-state index in [0.717, 1.165) is 0 Å². The molecule has 0 aliphatic carbocycles. The Morgan fingerprint density at radius 2 is 2.05 bits per heavy atom. The average Bonchev–Trinajstić information content (AvgIpc) is 2.43. The number of carbonyl (C=O) groups is 1. The number of rotatable bonds is 8. The molecule has 0 aliphatic rings. The van der Waals surface area contributed by atoms with Gasteiger partial charge in [0, 0.05) is 5.69 Å². The minimum absolute atomic E-state index is 0.306. The molecule has 0 radical (unpaired) electrons. The normalized spacial score (nSPS) is 15.0. The van der Waals surface area contributed by atoms with Gasteiger partial charge in [-0.05, 0) is 25.5 Å². The number of alkyl halides is 1. The molecule has 116 valence electrons. The van der Waals surface area contributed by atoms with Gasteiger partial charge in [0.05, 0.1) is 11.0 Å². The van der Waals surface area contributed by atoms with E-state index in [4.69, 9.17) is 4.74 Å². The Morgan fingerprint density at radius 3 is 2.52 bits per heavy atom. The fourth-order valence-corrected chi connectivity index (χ4v) is 1.79. The van der Waals surface area contributed by atoms with Crippen molar-refractivity contribution in [2.24, 2.45) is 0 Å². The smallest absolute Gasteiger partial charge is 0.318 e. The zero-order valence-corrected chi connectivity index (χ0v) is 12.0. The molecule has 21 heavy (non-hydrogen) atoms. The third-order valence-electron chi connectivity index (χ3n) is 2.85. The standard InChI is InChI=1S/C14H19FN2O4/c1-3-7-12(10(2)15)21-14(17(19)20)13(18)16-11-8-5-4-6-9-11/h4-6,8-10,12,14H,3,7H2,1-2H3,(H,16,18). The van der Waals surface area contributed by atoms with E-state index in [0.29, 0.717) is 18.5 Å². The second kappa shape index (κ2) is 8.31. The van der Waals surface area contributed by atoms with Gasteiger partial charge in [0.25, 0.3) is 0 Å². The van der Waals surface area contributed by atoms with Gasteiger partial charge in [-0.25, -0.2) is 4.39 Å². The summed E-state index contributed by atoms with van der Waals surface area (Å²) < 4.78 is 18.4. The molecule has 1 amide bonds. The van der Waals surface area contributed by atoms with E-state index < -0.39 is 29.3 Å². The first-order valence-corrected chi connectivity index (χ1v) is 6.74. The van der Waals surface area contributed by atoms with Crippen LogP contribution < -0.4 is 5.32 Å². The zero-order chi connectivity index (χ0) is 15.8. The van der Waals surface area contributed by atoms with E-state index in [-0.39, 0.29) is 0 Å². The molecule has 1 N–H and O–H groups in total. The van der Waals surface area contributed by atoms with Gasteiger partial charge in [-0.15, -0.1) is 0 Å². The highest BCUT2D eigenvalue weighted by Gasteiger charge is 2.35. The monoisotopic (exact) mass is 298 g/mol. The maximum absolute atomic E-state index is 13.4. The van der Waals surface area contributed by atoms with Gasteiger partial charge in [-0.2, -0.15) is 0 Å². The molecule has 0 fully saturated rings. The number of hydrogen-bond donors (Lipinski definition) is 1. The van der Waals surface area contributed by atoms with Gasteiger partial charge in [0.15, 0.2) is 0 Å². The lowest BCUT2D eigenvalue weighted by Gasteiger charge is -2.20. The van der Waals surface area contributed by atoms with Crippen molar-refractivity contribution < 1.29 is 18.8 Å². The van der Waals surface area contributed by atoms with Gasteiger partial charge in [0.2, 0.25) is 0 Å². The number of para-hydroxylation sites is 1. The van der Waals surface area contributed by atoms with Crippen molar-refractivity contribution in [3.63, 3.8) is 0 Å². The second-order valence-electron chi connectivity index (χ2n) is 4.63. The largest absolute Gasteiger partial charge is 0.395 e. The Labute approximate surface area is 122 Å². The first kappa shape index (κ1) is 17.0. The van der Waals surface area contributed by atoms with Crippen LogP contribution in [0.1, 0.15) is 26.7 Å². The summed E-state index contributed by atoms with van der Waals surface area (Å²) in [6, 6.07) is 8.30. The molecular formula is C14H19FN2O4. The lowest BCUT2D eigenvalue weighted by Crippen LogP contribution is -2.41. The summed E-state index contributed by atoms with van der Waals surface area (Å²) in [5.41, 5.74) is 0.415. The minimum Gasteiger partial charge on any atom is -0.318 e. The van der Waals surface area contributed by atoms with Crippen LogP contribution in [0.5, 0.6) is 0 Å². The molecule has 7 heteroatoms. The Kier molecular flexibility index (Phi) is 6.74. The van der Waals surface area contributed by atoms with E-state index in [9.17, 15) is 19.3 Å². The number of amides is 1. The predicted octanol–water partition coefficient (Wildman–Crippen LogP) is 2.77. The molecule has 1 aromatic rings. The van der Waals surface area contributed by atoms with Crippen molar-refractivity contribution in [2.75, 3.05) is 5.32 Å². The van der Waals surface area contributed by atoms with E-state index in [1.807, 2.05) is 6.92 Å². The molecule has 0 aliphatic heterocycles. The van der Waals surface area contributed by atoms with Crippen molar-refractivity contribution in [3.05, 3.63) is 40.4 Å². The summed E-state index contributed by atoms with van der Waals surface area (Å²) in [5, 5.41) is 13.4. The van der Waals surface area contributed by atoms with Crippen molar-refractivity contribution in [1.82, 2.24) is 0 Å². The second-order valence-corrected chi connectivity index (χ2v) is 4.63. The van der Waals surface area contributed by atoms with Crippen LogP contribution in [0.4, 0.5) is 10.1 Å². The molecule has 0 heterocycles. The van der Waals surface area contributed by atoms with Gasteiger partial charge >= 0.3 is 12.1 Å². The topological polar surface area (TPSA) is 81.5 Å². The van der Waals surface area contributed by atoms with Crippen LogP contribution in [0.3, 0.4) is 0 Å². The number of anilines is 1. The Balaban J connectivity index is 2.76. The van der Waals surface area contributed by atoms with Crippen molar-refractivity contribution in [1.29, 1.82) is 0 Å². The van der Waals surface area contributed by atoms with Crippen LogP contribution >= 0.6 is 0 Å². The van der Waals surface area contributed by atoms with Crippen molar-refractivity contribution >= 4 is 11.6 Å². The third kappa shape index (κ3) is 5.47. The fourth-order valence-electron chi connectivity index (χ4n) is 1.79. The van der Waals surface area contributed by atoms with Crippen LogP contribution in [0.25, 0.3) is 0 Å². The van der Waals surface area contributed by atoms with Gasteiger partial charge < -0.3 is 10.1 Å². The highest BCUT2D eigenvalue weighted by Crippen LogP contribution is 2.15. The molecule has 0 saturated carbocycles.